The lowest BCUT2D eigenvalue weighted by molar-refractivity contribution is 0.139. The van der Waals surface area contributed by atoms with Crippen LogP contribution in [0.4, 0.5) is 4.39 Å². The van der Waals surface area contributed by atoms with Crippen LogP contribution < -0.4 is 0 Å². The summed E-state index contributed by atoms with van der Waals surface area (Å²) in [5, 5.41) is 0. The first kappa shape index (κ1) is 17.0. The standard InChI is InChI=1S/C24H27FN2/c1-24(2,25)15-27-14-22-11-20-9-18(17-4-3-7-26-13-17)8-19(20)10-21(22)12-23(27)16-5-6-16/h3-4,7,10-13,16,18H,5-6,8-9,14-15H2,1-2H3. The molecule has 2 nitrogen and oxygen atoms in total. The van der Waals surface area contributed by atoms with Gasteiger partial charge in [0.1, 0.15) is 5.67 Å². The molecule has 2 aliphatic carbocycles. The van der Waals surface area contributed by atoms with Crippen molar-refractivity contribution in [2.45, 2.75) is 57.7 Å². The van der Waals surface area contributed by atoms with E-state index in [4.69, 9.17) is 0 Å². The molecule has 5 rings (SSSR count). The predicted octanol–water partition coefficient (Wildman–Crippen LogP) is 5.28. The molecule has 0 spiro atoms. The van der Waals surface area contributed by atoms with Crippen LogP contribution in [-0.2, 0) is 19.4 Å². The molecule has 1 aromatic carbocycles. The summed E-state index contributed by atoms with van der Waals surface area (Å²) in [7, 11) is 0. The molecule has 1 aliphatic heterocycles. The summed E-state index contributed by atoms with van der Waals surface area (Å²) in [5.74, 6) is 1.17. The van der Waals surface area contributed by atoms with E-state index in [1.807, 2.05) is 18.5 Å². The van der Waals surface area contributed by atoms with Gasteiger partial charge in [-0.1, -0.05) is 18.2 Å². The Balaban J connectivity index is 1.46. The van der Waals surface area contributed by atoms with Crippen LogP contribution in [0.25, 0.3) is 6.08 Å². The Morgan fingerprint density at radius 2 is 1.89 bits per heavy atom. The zero-order valence-electron chi connectivity index (χ0n) is 16.2. The van der Waals surface area contributed by atoms with E-state index in [0.29, 0.717) is 18.4 Å². The van der Waals surface area contributed by atoms with Crippen LogP contribution >= 0.6 is 0 Å². The molecule has 0 bridgehead atoms. The normalized spacial score (nSPS) is 21.7. The molecule has 27 heavy (non-hydrogen) atoms. The third-order valence-electron chi connectivity index (χ3n) is 6.14. The van der Waals surface area contributed by atoms with Crippen molar-refractivity contribution in [2.75, 3.05) is 6.54 Å². The Labute approximate surface area is 161 Å². The zero-order valence-corrected chi connectivity index (χ0v) is 16.2. The van der Waals surface area contributed by atoms with Crippen LogP contribution in [0, 0.1) is 5.92 Å². The molecule has 1 unspecified atom stereocenters. The van der Waals surface area contributed by atoms with E-state index in [9.17, 15) is 4.39 Å². The molecular weight excluding hydrogens is 335 g/mol. The lowest BCUT2D eigenvalue weighted by Gasteiger charge is -2.35. The van der Waals surface area contributed by atoms with Gasteiger partial charge in [-0.3, -0.25) is 4.98 Å². The molecule has 2 aromatic rings. The first-order valence-electron chi connectivity index (χ1n) is 10.2. The van der Waals surface area contributed by atoms with Crippen LogP contribution in [-0.4, -0.2) is 22.1 Å². The quantitative estimate of drug-likeness (QED) is 0.736. The van der Waals surface area contributed by atoms with Gasteiger partial charge in [0.15, 0.2) is 0 Å². The van der Waals surface area contributed by atoms with E-state index in [2.05, 4.69) is 34.2 Å². The number of nitrogens with zero attached hydrogens (tertiary/aromatic N) is 2. The summed E-state index contributed by atoms with van der Waals surface area (Å²) in [6, 6.07) is 9.02. The maximum atomic E-state index is 14.4. The molecule has 0 amide bonds. The second kappa shape index (κ2) is 6.19. The first-order chi connectivity index (χ1) is 13.0. The molecular formula is C24H27FN2. The second-order valence-corrected chi connectivity index (χ2v) is 9.13. The summed E-state index contributed by atoms with van der Waals surface area (Å²) in [6.45, 7) is 4.70. The van der Waals surface area contributed by atoms with Crippen molar-refractivity contribution < 1.29 is 4.39 Å². The van der Waals surface area contributed by atoms with Crippen LogP contribution in [0.5, 0.6) is 0 Å². The molecule has 0 N–H and O–H groups in total. The van der Waals surface area contributed by atoms with Gasteiger partial charge in [0.25, 0.3) is 0 Å². The van der Waals surface area contributed by atoms with Gasteiger partial charge in [0.2, 0.25) is 0 Å². The first-order valence-corrected chi connectivity index (χ1v) is 10.2. The van der Waals surface area contributed by atoms with E-state index in [1.165, 1.54) is 46.4 Å². The zero-order chi connectivity index (χ0) is 18.6. The highest BCUT2D eigenvalue weighted by molar-refractivity contribution is 5.63. The number of benzene rings is 1. The lowest BCUT2D eigenvalue weighted by atomic mass is 9.94. The Bertz CT molecular complexity index is 891. The minimum absolute atomic E-state index is 0.476. The van der Waals surface area contributed by atoms with E-state index in [0.717, 1.165) is 19.4 Å². The van der Waals surface area contributed by atoms with Gasteiger partial charge in [0.05, 0.1) is 6.54 Å². The number of rotatable bonds is 4. The fourth-order valence-corrected chi connectivity index (χ4v) is 4.77. The molecule has 140 valence electrons. The number of alkyl halides is 1. The van der Waals surface area contributed by atoms with E-state index in [-0.39, 0.29) is 0 Å². The van der Waals surface area contributed by atoms with Gasteiger partial charge in [-0.25, -0.2) is 4.39 Å². The number of hydrogen-bond acceptors (Lipinski definition) is 2. The number of allylic oxidation sites excluding steroid dienone is 1. The van der Waals surface area contributed by atoms with Crippen molar-refractivity contribution in [1.29, 1.82) is 0 Å². The average molecular weight is 362 g/mol. The van der Waals surface area contributed by atoms with Gasteiger partial charge in [0, 0.05) is 24.6 Å². The van der Waals surface area contributed by atoms with Crippen LogP contribution in [0.15, 0.2) is 42.4 Å². The number of fused-ring (bicyclic) bond motifs is 2. The van der Waals surface area contributed by atoms with E-state index >= 15 is 0 Å². The molecule has 2 heterocycles. The average Bonchev–Trinajstić information content (AvgIpc) is 3.38. The Hall–Kier alpha value is -2.16. The molecule has 1 saturated carbocycles. The predicted molar refractivity (Wildman–Crippen MR) is 107 cm³/mol. The van der Waals surface area contributed by atoms with E-state index in [1.54, 1.807) is 13.8 Å². The minimum atomic E-state index is -1.17. The van der Waals surface area contributed by atoms with Crippen molar-refractivity contribution in [3.05, 3.63) is 70.2 Å². The van der Waals surface area contributed by atoms with Gasteiger partial charge in [-0.2, -0.15) is 0 Å². The number of aromatic nitrogens is 1. The monoisotopic (exact) mass is 362 g/mol. The summed E-state index contributed by atoms with van der Waals surface area (Å²) in [5.41, 5.74) is 7.17. The Morgan fingerprint density at radius 1 is 1.11 bits per heavy atom. The van der Waals surface area contributed by atoms with Crippen molar-refractivity contribution >= 4 is 6.08 Å². The summed E-state index contributed by atoms with van der Waals surface area (Å²) in [6.07, 6.45) is 10.9. The molecule has 0 radical (unpaired) electrons. The van der Waals surface area contributed by atoms with Crippen molar-refractivity contribution in [2.24, 2.45) is 5.92 Å². The van der Waals surface area contributed by atoms with Gasteiger partial charge in [-0.15, -0.1) is 0 Å². The topological polar surface area (TPSA) is 16.1 Å². The fraction of sp³-hybridized carbons (Fsp3) is 0.458. The summed E-state index contributed by atoms with van der Waals surface area (Å²) >= 11 is 0. The number of hydrogen-bond donors (Lipinski definition) is 0. The van der Waals surface area contributed by atoms with Crippen molar-refractivity contribution in [3.8, 4) is 0 Å². The van der Waals surface area contributed by atoms with E-state index < -0.39 is 5.67 Å². The summed E-state index contributed by atoms with van der Waals surface area (Å²) < 4.78 is 14.4. The van der Waals surface area contributed by atoms with Crippen molar-refractivity contribution in [3.63, 3.8) is 0 Å². The lowest BCUT2D eigenvalue weighted by Crippen LogP contribution is -2.37. The molecule has 3 aliphatic rings. The summed E-state index contributed by atoms with van der Waals surface area (Å²) in [4.78, 5) is 6.59. The van der Waals surface area contributed by atoms with Gasteiger partial charge < -0.3 is 4.90 Å². The second-order valence-electron chi connectivity index (χ2n) is 9.13. The Kier molecular flexibility index (Phi) is 3.89. The highest BCUT2D eigenvalue weighted by Gasteiger charge is 2.35. The highest BCUT2D eigenvalue weighted by atomic mass is 19.1. The number of halogens is 1. The largest absolute Gasteiger partial charge is 0.367 e. The molecule has 1 aromatic heterocycles. The smallest absolute Gasteiger partial charge is 0.122 e. The maximum Gasteiger partial charge on any atom is 0.122 e. The molecule has 1 atom stereocenters. The molecule has 1 fully saturated rings. The van der Waals surface area contributed by atoms with Crippen LogP contribution in [0.3, 0.4) is 0 Å². The highest BCUT2D eigenvalue weighted by Crippen LogP contribution is 2.44. The Morgan fingerprint density at radius 3 is 2.56 bits per heavy atom. The maximum absolute atomic E-state index is 14.4. The SMILES string of the molecule is CC(C)(F)CN1Cc2cc3c(cc2C=C1C1CC1)CC(c1cccnc1)C3. The fourth-order valence-electron chi connectivity index (χ4n) is 4.77. The van der Waals surface area contributed by atoms with Crippen molar-refractivity contribution in [1.82, 2.24) is 9.88 Å². The third-order valence-corrected chi connectivity index (χ3v) is 6.14. The molecule has 0 saturated heterocycles. The minimum Gasteiger partial charge on any atom is -0.367 e. The van der Waals surface area contributed by atoms with Gasteiger partial charge >= 0.3 is 0 Å². The van der Waals surface area contributed by atoms with Gasteiger partial charge in [-0.05, 0) is 91.3 Å². The van der Waals surface area contributed by atoms with Crippen LogP contribution in [0.2, 0.25) is 0 Å². The number of pyridine rings is 1. The van der Waals surface area contributed by atoms with Crippen LogP contribution in [0.1, 0.15) is 60.4 Å². The third kappa shape index (κ3) is 3.40. The molecule has 3 heteroatoms.